The molecule has 0 aromatic heterocycles. The Hall–Kier alpha value is -0.650. The van der Waals surface area contributed by atoms with Crippen LogP contribution in [0.2, 0.25) is 0 Å². The highest BCUT2D eigenvalue weighted by molar-refractivity contribution is 5.83. The number of methoxy groups -OCH3 is 1. The number of hydrogen-bond acceptors (Lipinski definition) is 4. The quantitative estimate of drug-likeness (QED) is 0.733. The number of ether oxygens (including phenoxy) is 2. The zero-order valence-electron chi connectivity index (χ0n) is 12.6. The summed E-state index contributed by atoms with van der Waals surface area (Å²) in [5.74, 6) is 0.118. The molecule has 1 heterocycles. The molecule has 1 saturated carbocycles. The Morgan fingerprint density at radius 1 is 1.30 bits per heavy atom. The molecule has 0 aromatic rings. The first-order valence-corrected chi connectivity index (χ1v) is 7.72. The average Bonchev–Trinajstić information content (AvgIpc) is 2.46. The van der Waals surface area contributed by atoms with Gasteiger partial charge in [-0.1, -0.05) is 6.42 Å². The minimum atomic E-state index is -0.412. The van der Waals surface area contributed by atoms with Crippen molar-refractivity contribution in [1.29, 1.82) is 0 Å². The van der Waals surface area contributed by atoms with Crippen LogP contribution in [0, 0.1) is 10.8 Å². The van der Waals surface area contributed by atoms with Crippen molar-refractivity contribution in [3.05, 3.63) is 0 Å². The van der Waals surface area contributed by atoms with Crippen molar-refractivity contribution in [2.75, 3.05) is 40.0 Å². The molecule has 5 nitrogen and oxygen atoms in total. The van der Waals surface area contributed by atoms with Gasteiger partial charge in [0.05, 0.1) is 5.41 Å². The molecule has 1 aliphatic heterocycles. The normalized spacial score (nSPS) is 23.9. The second-order valence-corrected chi connectivity index (χ2v) is 6.38. The first-order valence-electron chi connectivity index (χ1n) is 7.72. The van der Waals surface area contributed by atoms with Gasteiger partial charge in [0.25, 0.3) is 0 Å². The largest absolute Gasteiger partial charge is 0.385 e. The van der Waals surface area contributed by atoms with E-state index >= 15 is 0 Å². The van der Waals surface area contributed by atoms with Gasteiger partial charge < -0.3 is 20.5 Å². The lowest BCUT2D eigenvalue weighted by Gasteiger charge is -2.43. The smallest absolute Gasteiger partial charge is 0.227 e. The molecule has 0 bridgehead atoms. The Morgan fingerprint density at radius 2 is 2.00 bits per heavy atom. The summed E-state index contributed by atoms with van der Waals surface area (Å²) in [7, 11) is 1.73. The van der Waals surface area contributed by atoms with Gasteiger partial charge in [-0.25, -0.2) is 0 Å². The van der Waals surface area contributed by atoms with Crippen LogP contribution < -0.4 is 11.1 Å². The molecule has 0 aromatic carbocycles. The Labute approximate surface area is 121 Å². The minimum Gasteiger partial charge on any atom is -0.385 e. The van der Waals surface area contributed by atoms with E-state index in [2.05, 4.69) is 5.32 Å². The second kappa shape index (κ2) is 6.87. The van der Waals surface area contributed by atoms with Gasteiger partial charge in [-0.15, -0.1) is 0 Å². The molecule has 20 heavy (non-hydrogen) atoms. The predicted molar refractivity (Wildman–Crippen MR) is 77.3 cm³/mol. The SMILES string of the molecule is COCCC1(CNC(=O)C2(CN)CCOCC2)CCC1. The molecular weight excluding hydrogens is 256 g/mol. The summed E-state index contributed by atoms with van der Waals surface area (Å²) in [6, 6.07) is 0. The van der Waals surface area contributed by atoms with Crippen molar-refractivity contribution >= 4 is 5.91 Å². The summed E-state index contributed by atoms with van der Waals surface area (Å²) in [6.45, 7) is 3.22. The summed E-state index contributed by atoms with van der Waals surface area (Å²) >= 11 is 0. The van der Waals surface area contributed by atoms with E-state index in [9.17, 15) is 4.79 Å². The van der Waals surface area contributed by atoms with Crippen LogP contribution >= 0.6 is 0 Å². The lowest BCUT2D eigenvalue weighted by atomic mass is 9.66. The van der Waals surface area contributed by atoms with E-state index in [4.69, 9.17) is 15.2 Å². The van der Waals surface area contributed by atoms with Crippen LogP contribution in [0.5, 0.6) is 0 Å². The van der Waals surface area contributed by atoms with E-state index in [1.54, 1.807) is 7.11 Å². The van der Waals surface area contributed by atoms with Crippen LogP contribution in [0.15, 0.2) is 0 Å². The fraction of sp³-hybridized carbons (Fsp3) is 0.933. The topological polar surface area (TPSA) is 73.6 Å². The van der Waals surface area contributed by atoms with Crippen LogP contribution in [0.4, 0.5) is 0 Å². The molecule has 0 unspecified atom stereocenters. The van der Waals surface area contributed by atoms with Gasteiger partial charge in [0, 0.05) is 40.0 Å². The van der Waals surface area contributed by atoms with Crippen molar-refractivity contribution in [1.82, 2.24) is 5.32 Å². The number of carbonyl (C=O) groups excluding carboxylic acids is 1. The first kappa shape index (κ1) is 15.7. The van der Waals surface area contributed by atoms with Crippen molar-refractivity contribution in [3.8, 4) is 0 Å². The van der Waals surface area contributed by atoms with Gasteiger partial charge in [-0.2, -0.15) is 0 Å². The van der Waals surface area contributed by atoms with Gasteiger partial charge in [0.1, 0.15) is 0 Å². The highest BCUT2D eigenvalue weighted by Crippen LogP contribution is 2.43. The molecule has 0 radical (unpaired) electrons. The molecule has 1 aliphatic carbocycles. The zero-order valence-corrected chi connectivity index (χ0v) is 12.6. The summed E-state index contributed by atoms with van der Waals surface area (Å²) < 4.78 is 10.5. The number of nitrogens with one attached hydrogen (secondary N) is 1. The first-order chi connectivity index (χ1) is 9.66. The van der Waals surface area contributed by atoms with E-state index in [0.29, 0.717) is 19.8 Å². The molecule has 116 valence electrons. The van der Waals surface area contributed by atoms with E-state index in [1.165, 1.54) is 19.3 Å². The van der Waals surface area contributed by atoms with Crippen LogP contribution in [0.3, 0.4) is 0 Å². The summed E-state index contributed by atoms with van der Waals surface area (Å²) in [5, 5.41) is 3.17. The Balaban J connectivity index is 1.86. The van der Waals surface area contributed by atoms with Crippen LogP contribution in [0.1, 0.15) is 38.5 Å². The molecule has 1 amide bonds. The molecule has 3 N–H and O–H groups in total. The van der Waals surface area contributed by atoms with Crippen LogP contribution in [-0.2, 0) is 14.3 Å². The third-order valence-electron chi connectivity index (χ3n) is 5.20. The number of amides is 1. The maximum absolute atomic E-state index is 12.5. The van der Waals surface area contributed by atoms with Crippen LogP contribution in [0.25, 0.3) is 0 Å². The van der Waals surface area contributed by atoms with Crippen LogP contribution in [-0.4, -0.2) is 45.9 Å². The maximum Gasteiger partial charge on any atom is 0.227 e. The Kier molecular flexibility index (Phi) is 5.41. The van der Waals surface area contributed by atoms with Gasteiger partial charge in [0.2, 0.25) is 5.91 Å². The predicted octanol–water partition coefficient (Wildman–Crippen LogP) is 1.06. The molecular formula is C15H28N2O3. The van der Waals surface area contributed by atoms with E-state index in [-0.39, 0.29) is 11.3 Å². The number of hydrogen-bond donors (Lipinski definition) is 2. The molecule has 2 aliphatic rings. The standard InChI is InChI=1S/C15H28N2O3/c1-19-8-5-14(3-2-4-14)12-17-13(18)15(11-16)6-9-20-10-7-15/h2-12,16H2,1H3,(H,17,18). The summed E-state index contributed by atoms with van der Waals surface area (Å²) in [6.07, 6.45) is 6.14. The molecule has 2 rings (SSSR count). The van der Waals surface area contributed by atoms with Gasteiger partial charge in [0.15, 0.2) is 0 Å². The van der Waals surface area contributed by atoms with Crippen molar-refractivity contribution in [2.45, 2.75) is 38.5 Å². The fourth-order valence-corrected chi connectivity index (χ4v) is 3.25. The lowest BCUT2D eigenvalue weighted by Crippen LogP contribution is -2.52. The highest BCUT2D eigenvalue weighted by Gasteiger charge is 2.41. The van der Waals surface area contributed by atoms with E-state index in [0.717, 1.165) is 32.4 Å². The summed E-state index contributed by atoms with van der Waals surface area (Å²) in [5.41, 5.74) is 5.71. The monoisotopic (exact) mass is 284 g/mol. The summed E-state index contributed by atoms with van der Waals surface area (Å²) in [4.78, 5) is 12.5. The van der Waals surface area contributed by atoms with Gasteiger partial charge >= 0.3 is 0 Å². The third-order valence-corrected chi connectivity index (χ3v) is 5.20. The Morgan fingerprint density at radius 3 is 2.50 bits per heavy atom. The van der Waals surface area contributed by atoms with Gasteiger partial charge in [-0.3, -0.25) is 4.79 Å². The second-order valence-electron chi connectivity index (χ2n) is 6.38. The van der Waals surface area contributed by atoms with E-state index in [1.807, 2.05) is 0 Å². The average molecular weight is 284 g/mol. The molecule has 5 heteroatoms. The third kappa shape index (κ3) is 3.32. The van der Waals surface area contributed by atoms with E-state index < -0.39 is 5.41 Å². The maximum atomic E-state index is 12.5. The number of carbonyl (C=O) groups is 1. The fourth-order valence-electron chi connectivity index (χ4n) is 3.25. The van der Waals surface area contributed by atoms with Gasteiger partial charge in [-0.05, 0) is 37.5 Å². The molecule has 0 atom stereocenters. The zero-order chi connectivity index (χ0) is 14.5. The van der Waals surface area contributed by atoms with Crippen molar-refractivity contribution < 1.29 is 14.3 Å². The number of nitrogens with two attached hydrogens (primary N) is 1. The van der Waals surface area contributed by atoms with Crippen molar-refractivity contribution in [3.63, 3.8) is 0 Å². The lowest BCUT2D eigenvalue weighted by molar-refractivity contribution is -0.137. The highest BCUT2D eigenvalue weighted by atomic mass is 16.5. The minimum absolute atomic E-state index is 0.118. The molecule has 2 fully saturated rings. The molecule has 1 saturated heterocycles. The number of rotatable bonds is 7. The molecule has 0 spiro atoms. The Bertz CT molecular complexity index is 323. The van der Waals surface area contributed by atoms with Crippen molar-refractivity contribution in [2.24, 2.45) is 16.6 Å².